The number of anilines is 1. The van der Waals surface area contributed by atoms with Crippen molar-refractivity contribution in [3.8, 4) is 0 Å². The molecule has 0 aliphatic carbocycles. The van der Waals surface area contributed by atoms with Gasteiger partial charge in [-0.1, -0.05) is 29.8 Å². The fourth-order valence-electron chi connectivity index (χ4n) is 2.45. The van der Waals surface area contributed by atoms with Crippen LogP contribution in [0.3, 0.4) is 0 Å². The molecule has 0 spiro atoms. The van der Waals surface area contributed by atoms with E-state index in [1.165, 1.54) is 0 Å². The van der Waals surface area contributed by atoms with Crippen LogP contribution in [0.1, 0.15) is 24.6 Å². The molecule has 1 aromatic heterocycles. The van der Waals surface area contributed by atoms with Gasteiger partial charge in [0, 0.05) is 30.2 Å². The first-order chi connectivity index (χ1) is 13.1. The molecule has 3 N–H and O–H groups in total. The second-order valence-electron chi connectivity index (χ2n) is 6.03. The third-order valence-corrected chi connectivity index (χ3v) is 3.94. The smallest absolute Gasteiger partial charge is 0.227 e. The molecule has 144 valence electrons. The van der Waals surface area contributed by atoms with E-state index in [0.717, 1.165) is 35.8 Å². The maximum absolute atomic E-state index is 12.0. The number of benzene rings is 1. The Morgan fingerprint density at radius 3 is 2.74 bits per heavy atom. The topological polar surface area (TPSA) is 78.4 Å². The Bertz CT molecular complexity index is 778. The van der Waals surface area contributed by atoms with E-state index in [1.807, 2.05) is 50.2 Å². The van der Waals surface area contributed by atoms with Crippen molar-refractivity contribution in [2.75, 3.05) is 25.0 Å². The molecule has 27 heavy (non-hydrogen) atoms. The number of carbonyl (C=O) groups excluding carboxylic acids is 1. The third kappa shape index (κ3) is 8.09. The number of rotatable bonds is 8. The lowest BCUT2D eigenvalue weighted by atomic mass is 10.1. The van der Waals surface area contributed by atoms with Crippen molar-refractivity contribution >= 4 is 29.3 Å². The fourth-order valence-corrected chi connectivity index (χ4v) is 2.66. The Kier molecular flexibility index (Phi) is 8.58. The molecule has 0 aliphatic rings. The molecule has 7 heteroatoms. The molecule has 2 aromatic rings. The molecular weight excluding hydrogens is 362 g/mol. The number of halogens is 1. The lowest BCUT2D eigenvalue weighted by molar-refractivity contribution is -0.116. The van der Waals surface area contributed by atoms with Crippen molar-refractivity contribution in [3.05, 3.63) is 58.7 Å². The number of hydrogen-bond acceptors (Lipinski definition) is 3. The zero-order valence-electron chi connectivity index (χ0n) is 15.8. The van der Waals surface area contributed by atoms with Crippen molar-refractivity contribution in [1.82, 2.24) is 15.6 Å². The average molecular weight is 388 g/mol. The lowest BCUT2D eigenvalue weighted by Gasteiger charge is -2.11. The molecule has 1 heterocycles. The molecule has 0 saturated heterocycles. The largest absolute Gasteiger partial charge is 0.357 e. The van der Waals surface area contributed by atoms with Gasteiger partial charge >= 0.3 is 0 Å². The summed E-state index contributed by atoms with van der Waals surface area (Å²) < 4.78 is 0. The predicted octanol–water partition coefficient (Wildman–Crippen LogP) is 3.17. The molecule has 0 radical (unpaired) electrons. The first-order valence-corrected chi connectivity index (χ1v) is 9.44. The Morgan fingerprint density at radius 1 is 1.19 bits per heavy atom. The summed E-state index contributed by atoms with van der Waals surface area (Å²) in [6, 6.07) is 13.3. The summed E-state index contributed by atoms with van der Waals surface area (Å²) in [4.78, 5) is 20.7. The number of carbonyl (C=O) groups is 1. The summed E-state index contributed by atoms with van der Waals surface area (Å²) in [5, 5.41) is 9.98. The van der Waals surface area contributed by atoms with E-state index in [0.29, 0.717) is 24.7 Å². The number of amides is 1. The van der Waals surface area contributed by atoms with E-state index in [-0.39, 0.29) is 5.91 Å². The minimum atomic E-state index is -0.105. The zero-order valence-corrected chi connectivity index (χ0v) is 16.5. The number of hydrogen-bond donors (Lipinski definition) is 3. The first-order valence-electron chi connectivity index (χ1n) is 9.07. The Labute approximate surface area is 165 Å². The van der Waals surface area contributed by atoms with Gasteiger partial charge in [0.2, 0.25) is 5.91 Å². The van der Waals surface area contributed by atoms with Gasteiger partial charge in [0.25, 0.3) is 0 Å². The van der Waals surface area contributed by atoms with E-state index in [9.17, 15) is 4.79 Å². The van der Waals surface area contributed by atoms with Gasteiger partial charge in [0.1, 0.15) is 5.82 Å². The van der Waals surface area contributed by atoms with Crippen molar-refractivity contribution < 1.29 is 4.79 Å². The molecule has 6 nitrogen and oxygen atoms in total. The first kappa shape index (κ1) is 20.7. The number of aryl methyl sites for hydroxylation is 1. The Morgan fingerprint density at radius 2 is 2.00 bits per heavy atom. The highest BCUT2D eigenvalue weighted by Gasteiger charge is 2.04. The molecule has 1 amide bonds. The second kappa shape index (κ2) is 11.2. The van der Waals surface area contributed by atoms with Crippen LogP contribution in [0.25, 0.3) is 0 Å². The highest BCUT2D eigenvalue weighted by molar-refractivity contribution is 6.30. The summed E-state index contributed by atoms with van der Waals surface area (Å²) in [7, 11) is 0. The number of aromatic nitrogens is 1. The Hall–Kier alpha value is -2.60. The van der Waals surface area contributed by atoms with Gasteiger partial charge in [0.15, 0.2) is 5.96 Å². The summed E-state index contributed by atoms with van der Waals surface area (Å²) >= 11 is 6.00. The van der Waals surface area contributed by atoms with Gasteiger partial charge in [-0.3, -0.25) is 9.79 Å². The van der Waals surface area contributed by atoms with Crippen molar-refractivity contribution in [3.63, 3.8) is 0 Å². The van der Waals surface area contributed by atoms with E-state index in [2.05, 4.69) is 25.9 Å². The van der Waals surface area contributed by atoms with E-state index in [4.69, 9.17) is 11.6 Å². The lowest BCUT2D eigenvalue weighted by Crippen LogP contribution is -2.38. The molecule has 0 bridgehead atoms. The quantitative estimate of drug-likeness (QED) is 0.480. The maximum atomic E-state index is 12.0. The summed E-state index contributed by atoms with van der Waals surface area (Å²) in [5.74, 6) is 1.16. The molecule has 0 unspecified atom stereocenters. The van der Waals surface area contributed by atoms with Crippen LogP contribution in [0.2, 0.25) is 5.02 Å². The maximum Gasteiger partial charge on any atom is 0.227 e. The highest BCUT2D eigenvalue weighted by Crippen LogP contribution is 2.10. The molecule has 0 saturated carbocycles. The second-order valence-corrected chi connectivity index (χ2v) is 6.47. The van der Waals surface area contributed by atoms with Gasteiger partial charge < -0.3 is 16.0 Å². The number of aliphatic imine (C=N–C) groups is 1. The van der Waals surface area contributed by atoms with Crippen LogP contribution in [0.15, 0.2) is 47.5 Å². The number of guanidine groups is 1. The van der Waals surface area contributed by atoms with E-state index in [1.54, 1.807) is 6.07 Å². The summed E-state index contributed by atoms with van der Waals surface area (Å²) in [5.41, 5.74) is 2.03. The van der Waals surface area contributed by atoms with E-state index < -0.39 is 0 Å². The SMILES string of the molecule is CCNC(=NCCC(=O)Nc1cccc(C)n1)NCCc1cccc(Cl)c1. The minimum Gasteiger partial charge on any atom is -0.357 e. The van der Waals surface area contributed by atoms with Crippen LogP contribution >= 0.6 is 11.6 Å². The molecule has 1 aromatic carbocycles. The number of pyridine rings is 1. The summed E-state index contributed by atoms with van der Waals surface area (Å²) in [6.07, 6.45) is 1.13. The van der Waals surface area contributed by atoms with Gasteiger partial charge in [0.05, 0.1) is 6.54 Å². The van der Waals surface area contributed by atoms with Crippen LogP contribution in [-0.4, -0.2) is 36.5 Å². The summed E-state index contributed by atoms with van der Waals surface area (Å²) in [6.45, 7) is 5.76. The van der Waals surface area contributed by atoms with Gasteiger partial charge in [-0.05, 0) is 50.1 Å². The zero-order chi connectivity index (χ0) is 19.5. The van der Waals surface area contributed by atoms with Crippen molar-refractivity contribution in [2.24, 2.45) is 4.99 Å². The van der Waals surface area contributed by atoms with Gasteiger partial charge in [-0.15, -0.1) is 0 Å². The monoisotopic (exact) mass is 387 g/mol. The van der Waals surface area contributed by atoms with Crippen LogP contribution in [0.5, 0.6) is 0 Å². The highest BCUT2D eigenvalue weighted by atomic mass is 35.5. The minimum absolute atomic E-state index is 0.105. The van der Waals surface area contributed by atoms with Crippen molar-refractivity contribution in [1.29, 1.82) is 0 Å². The standard InChI is InChI=1S/C20H26ClN5O/c1-3-22-20(23-12-10-16-7-5-8-17(21)14-16)24-13-11-19(27)26-18-9-4-6-15(2)25-18/h4-9,14H,3,10-13H2,1-2H3,(H2,22,23,24)(H,25,26,27). The van der Waals surface area contributed by atoms with Crippen LogP contribution in [0.4, 0.5) is 5.82 Å². The fraction of sp³-hybridized carbons (Fsp3) is 0.350. The molecular formula is C20H26ClN5O. The third-order valence-electron chi connectivity index (χ3n) is 3.70. The van der Waals surface area contributed by atoms with Crippen LogP contribution in [-0.2, 0) is 11.2 Å². The number of nitrogens with one attached hydrogen (secondary N) is 3. The van der Waals surface area contributed by atoms with Crippen LogP contribution in [0, 0.1) is 6.92 Å². The average Bonchev–Trinajstić information content (AvgIpc) is 2.62. The van der Waals surface area contributed by atoms with Crippen LogP contribution < -0.4 is 16.0 Å². The molecule has 0 aliphatic heterocycles. The van der Waals surface area contributed by atoms with Gasteiger partial charge in [-0.25, -0.2) is 4.98 Å². The van der Waals surface area contributed by atoms with Gasteiger partial charge in [-0.2, -0.15) is 0 Å². The number of nitrogens with zero attached hydrogens (tertiary/aromatic N) is 2. The van der Waals surface area contributed by atoms with E-state index >= 15 is 0 Å². The molecule has 0 atom stereocenters. The predicted molar refractivity (Wildman–Crippen MR) is 111 cm³/mol. The Balaban J connectivity index is 1.77. The normalized spacial score (nSPS) is 11.1. The molecule has 0 fully saturated rings. The van der Waals surface area contributed by atoms with Crippen molar-refractivity contribution in [2.45, 2.75) is 26.7 Å². The molecule has 2 rings (SSSR count).